The second kappa shape index (κ2) is 6.39. The van der Waals surface area contributed by atoms with Crippen molar-refractivity contribution in [3.8, 4) is 6.07 Å². The molecular weight excluding hydrogens is 286 g/mol. The first-order valence-corrected chi connectivity index (χ1v) is 7.17. The number of nitriles is 1. The zero-order chi connectivity index (χ0) is 15.3. The molecule has 21 heavy (non-hydrogen) atoms. The van der Waals surface area contributed by atoms with Gasteiger partial charge in [-0.15, -0.1) is 11.8 Å². The lowest BCUT2D eigenvalue weighted by molar-refractivity contribution is -0.384. The highest BCUT2D eigenvalue weighted by atomic mass is 32.2. The minimum atomic E-state index is -1.09. The van der Waals surface area contributed by atoms with Crippen LogP contribution in [0.15, 0.2) is 59.5 Å². The van der Waals surface area contributed by atoms with E-state index < -0.39 is 10.5 Å². The zero-order valence-corrected chi connectivity index (χ0v) is 11.9. The Morgan fingerprint density at radius 3 is 2.33 bits per heavy atom. The van der Waals surface area contributed by atoms with Crippen LogP contribution in [0.4, 0.5) is 5.69 Å². The van der Waals surface area contributed by atoms with Gasteiger partial charge < -0.3 is 5.73 Å². The van der Waals surface area contributed by atoms with Crippen LogP contribution in [0.1, 0.15) is 5.56 Å². The van der Waals surface area contributed by atoms with Crippen molar-refractivity contribution >= 4 is 17.4 Å². The summed E-state index contributed by atoms with van der Waals surface area (Å²) < 4.78 is 0. The Labute approximate surface area is 126 Å². The summed E-state index contributed by atoms with van der Waals surface area (Å²) in [6, 6.07) is 17.5. The molecule has 0 heterocycles. The van der Waals surface area contributed by atoms with Crippen molar-refractivity contribution in [2.24, 2.45) is 5.73 Å². The average molecular weight is 299 g/mol. The number of nitrogens with two attached hydrogens (primary N) is 1. The minimum absolute atomic E-state index is 0.0432. The van der Waals surface area contributed by atoms with Gasteiger partial charge in [-0.25, -0.2) is 0 Å². The summed E-state index contributed by atoms with van der Waals surface area (Å²) in [4.78, 5) is 11.0. The molecule has 0 aliphatic rings. The summed E-state index contributed by atoms with van der Waals surface area (Å²) in [6.07, 6.45) is 0. The zero-order valence-electron chi connectivity index (χ0n) is 11.1. The number of non-ortho nitro benzene ring substituents is 1. The molecule has 5 nitrogen and oxygen atoms in total. The molecule has 2 aromatic rings. The van der Waals surface area contributed by atoms with Gasteiger partial charge in [0.25, 0.3) is 5.69 Å². The third-order valence-electron chi connectivity index (χ3n) is 3.00. The molecule has 0 aliphatic heterocycles. The van der Waals surface area contributed by atoms with Crippen LogP contribution >= 0.6 is 11.8 Å². The monoisotopic (exact) mass is 299 g/mol. The predicted octanol–water partition coefficient (Wildman–Crippen LogP) is 3.06. The average Bonchev–Trinajstić information content (AvgIpc) is 2.54. The third-order valence-corrected chi connectivity index (χ3v) is 4.21. The fourth-order valence-corrected chi connectivity index (χ4v) is 2.73. The first kappa shape index (κ1) is 15.0. The SMILES string of the molecule is N#CC(N)(CSc1ccc([N+](=O)[O-])cc1)c1ccccc1. The maximum Gasteiger partial charge on any atom is 0.269 e. The molecule has 0 saturated heterocycles. The van der Waals surface area contributed by atoms with Crippen molar-refractivity contribution in [2.45, 2.75) is 10.4 Å². The summed E-state index contributed by atoms with van der Waals surface area (Å²) in [5, 5.41) is 20.0. The number of thioether (sulfide) groups is 1. The van der Waals surface area contributed by atoms with Crippen molar-refractivity contribution < 1.29 is 4.92 Å². The molecule has 2 rings (SSSR count). The fraction of sp³-hybridized carbons (Fsp3) is 0.133. The standard InChI is InChI=1S/C15H13N3O2S/c16-10-15(17,12-4-2-1-3-5-12)11-21-14-8-6-13(7-9-14)18(19)20/h1-9H,11,17H2. The van der Waals surface area contributed by atoms with E-state index in [-0.39, 0.29) is 5.69 Å². The Morgan fingerprint density at radius 2 is 1.81 bits per heavy atom. The molecule has 0 radical (unpaired) electrons. The van der Waals surface area contributed by atoms with Gasteiger partial charge >= 0.3 is 0 Å². The number of nitro groups is 1. The van der Waals surface area contributed by atoms with Gasteiger partial charge in [-0.1, -0.05) is 30.3 Å². The minimum Gasteiger partial charge on any atom is -0.309 e. The Bertz CT molecular complexity index is 668. The van der Waals surface area contributed by atoms with Gasteiger partial charge in [-0.2, -0.15) is 5.26 Å². The van der Waals surface area contributed by atoms with Crippen LogP contribution in [0.2, 0.25) is 0 Å². The highest BCUT2D eigenvalue weighted by molar-refractivity contribution is 7.99. The quantitative estimate of drug-likeness (QED) is 0.520. The number of hydrogen-bond acceptors (Lipinski definition) is 5. The molecule has 1 unspecified atom stereocenters. The van der Waals surface area contributed by atoms with E-state index in [0.29, 0.717) is 5.75 Å². The molecule has 6 heteroatoms. The van der Waals surface area contributed by atoms with E-state index >= 15 is 0 Å². The van der Waals surface area contributed by atoms with E-state index in [0.717, 1.165) is 10.5 Å². The largest absolute Gasteiger partial charge is 0.309 e. The van der Waals surface area contributed by atoms with Crippen LogP contribution in [0, 0.1) is 21.4 Å². The molecule has 0 saturated carbocycles. The van der Waals surface area contributed by atoms with Crippen molar-refractivity contribution in [3.05, 3.63) is 70.3 Å². The summed E-state index contributed by atoms with van der Waals surface area (Å²) in [5.41, 5.74) is 5.86. The van der Waals surface area contributed by atoms with Crippen LogP contribution < -0.4 is 5.73 Å². The topological polar surface area (TPSA) is 93.0 Å². The van der Waals surface area contributed by atoms with E-state index in [2.05, 4.69) is 6.07 Å². The second-order valence-corrected chi connectivity index (χ2v) is 5.54. The number of hydrogen-bond donors (Lipinski definition) is 1. The smallest absolute Gasteiger partial charge is 0.269 e. The summed E-state index contributed by atoms with van der Waals surface area (Å²) in [7, 11) is 0. The van der Waals surface area contributed by atoms with Gasteiger partial charge in [0.05, 0.1) is 11.0 Å². The van der Waals surface area contributed by atoms with E-state index in [1.165, 1.54) is 23.9 Å². The van der Waals surface area contributed by atoms with Gasteiger partial charge in [0.15, 0.2) is 0 Å². The van der Waals surface area contributed by atoms with Crippen molar-refractivity contribution in [2.75, 3.05) is 5.75 Å². The molecule has 0 bridgehead atoms. The lowest BCUT2D eigenvalue weighted by atomic mass is 9.95. The first-order chi connectivity index (χ1) is 10.0. The Balaban J connectivity index is 2.10. The van der Waals surface area contributed by atoms with E-state index in [9.17, 15) is 15.4 Å². The van der Waals surface area contributed by atoms with Crippen LogP contribution in [-0.4, -0.2) is 10.7 Å². The molecule has 0 aromatic heterocycles. The highest BCUT2D eigenvalue weighted by Gasteiger charge is 2.27. The maximum atomic E-state index is 10.6. The highest BCUT2D eigenvalue weighted by Crippen LogP contribution is 2.28. The van der Waals surface area contributed by atoms with Gasteiger partial charge in [0.1, 0.15) is 5.54 Å². The molecule has 106 valence electrons. The Morgan fingerprint density at radius 1 is 1.19 bits per heavy atom. The lowest BCUT2D eigenvalue weighted by Gasteiger charge is -2.21. The molecule has 2 N–H and O–H groups in total. The second-order valence-electron chi connectivity index (χ2n) is 4.49. The van der Waals surface area contributed by atoms with E-state index in [1.807, 2.05) is 30.3 Å². The molecule has 0 fully saturated rings. The fourth-order valence-electron chi connectivity index (χ4n) is 1.78. The lowest BCUT2D eigenvalue weighted by Crippen LogP contribution is -2.37. The van der Waals surface area contributed by atoms with Crippen LogP contribution in [0.3, 0.4) is 0 Å². The third kappa shape index (κ3) is 3.60. The molecule has 0 aliphatic carbocycles. The summed E-state index contributed by atoms with van der Waals surface area (Å²) >= 11 is 1.40. The normalized spacial score (nSPS) is 13.1. The summed E-state index contributed by atoms with van der Waals surface area (Å²) in [5.74, 6) is 0.366. The Kier molecular flexibility index (Phi) is 4.58. The van der Waals surface area contributed by atoms with Crippen molar-refractivity contribution in [3.63, 3.8) is 0 Å². The first-order valence-electron chi connectivity index (χ1n) is 6.18. The number of rotatable bonds is 5. The number of nitro benzene ring substituents is 1. The van der Waals surface area contributed by atoms with Crippen LogP contribution in [-0.2, 0) is 5.54 Å². The molecule has 0 amide bonds. The molecular formula is C15H13N3O2S. The Hall–Kier alpha value is -2.36. The van der Waals surface area contributed by atoms with E-state index in [4.69, 9.17) is 5.73 Å². The van der Waals surface area contributed by atoms with Gasteiger partial charge in [-0.3, -0.25) is 10.1 Å². The molecule has 2 aromatic carbocycles. The number of nitrogens with zero attached hydrogens (tertiary/aromatic N) is 2. The number of benzene rings is 2. The maximum absolute atomic E-state index is 10.6. The summed E-state index contributed by atoms with van der Waals surface area (Å²) in [6.45, 7) is 0. The molecule has 0 spiro atoms. The van der Waals surface area contributed by atoms with Gasteiger partial charge in [0, 0.05) is 22.8 Å². The van der Waals surface area contributed by atoms with Gasteiger partial charge in [0.2, 0.25) is 0 Å². The van der Waals surface area contributed by atoms with Crippen molar-refractivity contribution in [1.29, 1.82) is 5.26 Å². The van der Waals surface area contributed by atoms with Crippen LogP contribution in [0.5, 0.6) is 0 Å². The predicted molar refractivity (Wildman–Crippen MR) is 81.7 cm³/mol. The van der Waals surface area contributed by atoms with Gasteiger partial charge in [-0.05, 0) is 17.7 Å². The van der Waals surface area contributed by atoms with Crippen molar-refractivity contribution in [1.82, 2.24) is 0 Å². The van der Waals surface area contributed by atoms with E-state index in [1.54, 1.807) is 12.1 Å². The van der Waals surface area contributed by atoms with Crippen LogP contribution in [0.25, 0.3) is 0 Å². The molecule has 1 atom stereocenters.